The fraction of sp³-hybridized carbons (Fsp3) is 0.222. The van der Waals surface area contributed by atoms with Gasteiger partial charge in [-0.25, -0.2) is 14.8 Å². The van der Waals surface area contributed by atoms with Crippen LogP contribution in [0.15, 0.2) is 44.4 Å². The number of aromatic nitrogens is 5. The SMILES string of the molecule is Cn1c(=O)c2cc(NC(=O)CCn3cnc4sccc4c3=O)cnc2n(C)c1=O. The second kappa shape index (κ2) is 7.09. The molecule has 0 bridgehead atoms. The van der Waals surface area contributed by atoms with Crippen molar-refractivity contribution in [1.29, 1.82) is 0 Å². The van der Waals surface area contributed by atoms with E-state index in [1.165, 1.54) is 53.2 Å². The molecular weight excluding hydrogens is 396 g/mol. The molecule has 0 radical (unpaired) electrons. The molecule has 148 valence electrons. The molecule has 1 amide bonds. The number of amides is 1. The maximum atomic E-state index is 12.4. The van der Waals surface area contributed by atoms with Gasteiger partial charge in [0, 0.05) is 27.1 Å². The molecule has 11 heteroatoms. The summed E-state index contributed by atoms with van der Waals surface area (Å²) in [5.74, 6) is -0.342. The third-order valence-electron chi connectivity index (χ3n) is 4.61. The van der Waals surface area contributed by atoms with Gasteiger partial charge in [0.15, 0.2) is 0 Å². The normalized spacial score (nSPS) is 11.2. The van der Waals surface area contributed by atoms with Crippen molar-refractivity contribution < 1.29 is 4.79 Å². The minimum atomic E-state index is -0.492. The summed E-state index contributed by atoms with van der Waals surface area (Å²) in [6.45, 7) is 0.167. The van der Waals surface area contributed by atoms with Crippen LogP contribution in [0.4, 0.5) is 5.69 Å². The van der Waals surface area contributed by atoms with Crippen LogP contribution < -0.4 is 22.1 Å². The van der Waals surface area contributed by atoms with Crippen molar-refractivity contribution in [3.8, 4) is 0 Å². The monoisotopic (exact) mass is 412 g/mol. The molecule has 4 rings (SSSR count). The Labute approximate surface area is 166 Å². The fourth-order valence-corrected chi connectivity index (χ4v) is 3.76. The van der Waals surface area contributed by atoms with E-state index in [1.54, 1.807) is 11.4 Å². The number of anilines is 1. The third kappa shape index (κ3) is 3.25. The number of nitrogens with zero attached hydrogens (tertiary/aromatic N) is 5. The van der Waals surface area contributed by atoms with E-state index in [-0.39, 0.29) is 35.5 Å². The van der Waals surface area contributed by atoms with Gasteiger partial charge >= 0.3 is 5.69 Å². The number of rotatable bonds is 4. The smallest absolute Gasteiger partial charge is 0.325 e. The van der Waals surface area contributed by atoms with Crippen LogP contribution in [0.5, 0.6) is 0 Å². The van der Waals surface area contributed by atoms with Crippen molar-refractivity contribution >= 4 is 44.2 Å². The van der Waals surface area contributed by atoms with Gasteiger partial charge in [0.1, 0.15) is 10.5 Å². The molecule has 0 fully saturated rings. The average molecular weight is 412 g/mol. The molecule has 0 aliphatic heterocycles. The molecule has 0 saturated heterocycles. The number of aryl methyl sites for hydroxylation is 2. The Hall–Kier alpha value is -3.60. The van der Waals surface area contributed by atoms with E-state index in [1.807, 2.05) is 0 Å². The molecule has 0 aliphatic rings. The number of hydrogen-bond acceptors (Lipinski definition) is 7. The molecule has 4 aromatic heterocycles. The highest BCUT2D eigenvalue weighted by atomic mass is 32.1. The van der Waals surface area contributed by atoms with Crippen LogP contribution in [0.3, 0.4) is 0 Å². The first-order chi connectivity index (χ1) is 13.9. The lowest BCUT2D eigenvalue weighted by atomic mass is 10.3. The summed E-state index contributed by atoms with van der Waals surface area (Å²) in [4.78, 5) is 57.9. The van der Waals surface area contributed by atoms with Crippen molar-refractivity contribution in [2.45, 2.75) is 13.0 Å². The lowest BCUT2D eigenvalue weighted by molar-refractivity contribution is -0.116. The summed E-state index contributed by atoms with van der Waals surface area (Å²) in [7, 11) is 2.90. The zero-order chi connectivity index (χ0) is 20.7. The van der Waals surface area contributed by atoms with Crippen LogP contribution in [0.1, 0.15) is 6.42 Å². The molecule has 0 unspecified atom stereocenters. The number of carbonyl (C=O) groups is 1. The lowest BCUT2D eigenvalue weighted by Gasteiger charge is -2.09. The largest absolute Gasteiger partial charge is 0.332 e. The van der Waals surface area contributed by atoms with Gasteiger partial charge in [-0.3, -0.25) is 28.1 Å². The Morgan fingerprint density at radius 2 is 1.90 bits per heavy atom. The van der Waals surface area contributed by atoms with Gasteiger partial charge in [-0.05, 0) is 17.5 Å². The maximum Gasteiger partial charge on any atom is 0.332 e. The molecule has 0 saturated carbocycles. The fourth-order valence-electron chi connectivity index (χ4n) is 3.03. The van der Waals surface area contributed by atoms with Crippen molar-refractivity contribution in [1.82, 2.24) is 23.7 Å². The van der Waals surface area contributed by atoms with Crippen molar-refractivity contribution in [2.75, 3.05) is 5.32 Å². The van der Waals surface area contributed by atoms with Crippen LogP contribution in [0.25, 0.3) is 21.3 Å². The number of carbonyl (C=O) groups excluding carboxylic acids is 1. The van der Waals surface area contributed by atoms with Gasteiger partial charge in [0.25, 0.3) is 11.1 Å². The summed E-state index contributed by atoms with van der Waals surface area (Å²) in [5.41, 5.74) is -0.600. The predicted octanol–water partition coefficient (Wildman–Crippen LogP) is 0.432. The van der Waals surface area contributed by atoms with E-state index in [2.05, 4.69) is 15.3 Å². The van der Waals surface area contributed by atoms with E-state index in [0.717, 1.165) is 4.57 Å². The summed E-state index contributed by atoms with van der Waals surface area (Å²) in [6, 6.07) is 3.19. The van der Waals surface area contributed by atoms with Gasteiger partial charge < -0.3 is 5.32 Å². The molecule has 10 nitrogen and oxygen atoms in total. The Bertz CT molecular complexity index is 1450. The standard InChI is InChI=1S/C18H16N6O4S/c1-22-14-12(16(26)23(2)18(22)28)7-10(8-19-14)21-13(25)3-5-24-9-20-15-11(17(24)27)4-6-29-15/h4,6-9H,3,5H2,1-2H3,(H,21,25). The first kappa shape index (κ1) is 18.7. The minimum absolute atomic E-state index is 0.0422. The summed E-state index contributed by atoms with van der Waals surface area (Å²) in [6.07, 6.45) is 2.85. The molecule has 1 N–H and O–H groups in total. The Morgan fingerprint density at radius 1 is 1.10 bits per heavy atom. The maximum absolute atomic E-state index is 12.4. The molecular formula is C18H16N6O4S. The summed E-state index contributed by atoms with van der Waals surface area (Å²) >= 11 is 1.38. The van der Waals surface area contributed by atoms with Gasteiger partial charge in [-0.15, -0.1) is 11.3 Å². The molecule has 4 aromatic rings. The number of hydrogen-bond donors (Lipinski definition) is 1. The highest BCUT2D eigenvalue weighted by molar-refractivity contribution is 7.16. The van der Waals surface area contributed by atoms with E-state index >= 15 is 0 Å². The Balaban J connectivity index is 1.54. The Kier molecular flexibility index (Phi) is 4.59. The highest BCUT2D eigenvalue weighted by Crippen LogP contribution is 2.14. The van der Waals surface area contributed by atoms with E-state index in [9.17, 15) is 19.2 Å². The number of thiophene rings is 1. The topological polar surface area (TPSA) is 121 Å². The van der Waals surface area contributed by atoms with Crippen molar-refractivity contribution in [2.24, 2.45) is 14.1 Å². The predicted molar refractivity (Wildman–Crippen MR) is 109 cm³/mol. The molecule has 0 aromatic carbocycles. The quantitative estimate of drug-likeness (QED) is 0.519. The Morgan fingerprint density at radius 3 is 2.69 bits per heavy atom. The number of pyridine rings is 1. The lowest BCUT2D eigenvalue weighted by Crippen LogP contribution is -2.37. The second-order valence-electron chi connectivity index (χ2n) is 6.48. The van der Waals surface area contributed by atoms with Crippen LogP contribution in [-0.2, 0) is 25.4 Å². The zero-order valence-electron chi connectivity index (χ0n) is 15.6. The van der Waals surface area contributed by atoms with Gasteiger partial charge in [-0.1, -0.05) is 0 Å². The van der Waals surface area contributed by atoms with Gasteiger partial charge in [0.05, 0.1) is 29.0 Å². The van der Waals surface area contributed by atoms with Gasteiger partial charge in [0.2, 0.25) is 5.91 Å². The number of nitrogens with one attached hydrogen (secondary N) is 1. The third-order valence-corrected chi connectivity index (χ3v) is 5.43. The molecule has 29 heavy (non-hydrogen) atoms. The van der Waals surface area contributed by atoms with Crippen molar-refractivity contribution in [3.05, 3.63) is 61.2 Å². The van der Waals surface area contributed by atoms with Crippen LogP contribution in [-0.4, -0.2) is 29.6 Å². The molecule has 0 atom stereocenters. The van der Waals surface area contributed by atoms with Crippen molar-refractivity contribution in [3.63, 3.8) is 0 Å². The van der Waals surface area contributed by atoms with Crippen LogP contribution in [0.2, 0.25) is 0 Å². The summed E-state index contributed by atoms with van der Waals surface area (Å²) in [5, 5.41) is 5.20. The summed E-state index contributed by atoms with van der Waals surface area (Å²) < 4.78 is 3.64. The first-order valence-electron chi connectivity index (χ1n) is 8.65. The van der Waals surface area contributed by atoms with Crippen LogP contribution in [0, 0.1) is 0 Å². The molecule has 0 spiro atoms. The van der Waals surface area contributed by atoms with E-state index < -0.39 is 11.2 Å². The van der Waals surface area contributed by atoms with Crippen LogP contribution >= 0.6 is 11.3 Å². The average Bonchev–Trinajstić information content (AvgIpc) is 3.20. The molecule has 0 aliphatic carbocycles. The van der Waals surface area contributed by atoms with E-state index in [4.69, 9.17) is 0 Å². The second-order valence-corrected chi connectivity index (χ2v) is 7.38. The zero-order valence-corrected chi connectivity index (χ0v) is 16.4. The van der Waals surface area contributed by atoms with Gasteiger partial charge in [-0.2, -0.15) is 0 Å². The minimum Gasteiger partial charge on any atom is -0.325 e. The first-order valence-corrected chi connectivity index (χ1v) is 9.53. The van der Waals surface area contributed by atoms with E-state index in [0.29, 0.717) is 15.9 Å². The number of fused-ring (bicyclic) bond motifs is 2. The highest BCUT2D eigenvalue weighted by Gasteiger charge is 2.12. The molecule has 4 heterocycles.